The van der Waals surface area contributed by atoms with Crippen molar-refractivity contribution in [2.24, 2.45) is 0 Å². The second-order valence-electron chi connectivity index (χ2n) is 9.25. The van der Waals surface area contributed by atoms with Crippen LogP contribution in [-0.4, -0.2) is 57.6 Å². The molecule has 0 radical (unpaired) electrons. The summed E-state index contributed by atoms with van der Waals surface area (Å²) in [6, 6.07) is 26.0. The Labute approximate surface area is 217 Å². The lowest BCUT2D eigenvalue weighted by Crippen LogP contribution is -2.58. The Kier molecular flexibility index (Phi) is 8.72. The zero-order chi connectivity index (χ0) is 26.2. The number of hydrogen-bond donors (Lipinski definition) is 3. The molecule has 0 bridgehead atoms. The van der Waals surface area contributed by atoms with Crippen LogP contribution >= 0.6 is 0 Å². The first-order valence-electron chi connectivity index (χ1n) is 12.6. The van der Waals surface area contributed by atoms with Crippen LogP contribution in [0.15, 0.2) is 91.1 Å². The highest BCUT2D eigenvalue weighted by Crippen LogP contribution is 2.20. The smallest absolute Gasteiger partial charge is 0.322 e. The molecule has 0 saturated heterocycles. The highest BCUT2D eigenvalue weighted by molar-refractivity contribution is 5.84. The van der Waals surface area contributed by atoms with E-state index in [0.717, 1.165) is 27.6 Å². The number of carboxylic acid groups (broad SMARTS) is 1. The number of aliphatic carboxylic acids is 1. The van der Waals surface area contributed by atoms with Crippen molar-refractivity contribution < 1.29 is 14.7 Å². The minimum absolute atomic E-state index is 0.0710. The maximum atomic E-state index is 13.8. The fourth-order valence-electron chi connectivity index (χ4n) is 4.67. The summed E-state index contributed by atoms with van der Waals surface area (Å²) in [6.45, 7) is 2.86. The van der Waals surface area contributed by atoms with Gasteiger partial charge in [0.15, 0.2) is 0 Å². The number of para-hydroxylation sites is 1. The predicted molar refractivity (Wildman–Crippen MR) is 146 cm³/mol. The maximum absolute atomic E-state index is 13.8. The molecule has 192 valence electrons. The van der Waals surface area contributed by atoms with Gasteiger partial charge in [0, 0.05) is 43.7 Å². The van der Waals surface area contributed by atoms with Crippen molar-refractivity contribution in [3.63, 3.8) is 0 Å². The zero-order valence-corrected chi connectivity index (χ0v) is 21.3. The van der Waals surface area contributed by atoms with Crippen LogP contribution in [0.25, 0.3) is 10.9 Å². The van der Waals surface area contributed by atoms with Gasteiger partial charge in [-0.2, -0.15) is 0 Å². The minimum atomic E-state index is -0.965. The molecule has 7 heteroatoms. The quantitative estimate of drug-likeness (QED) is 0.254. The van der Waals surface area contributed by atoms with Crippen molar-refractivity contribution in [2.45, 2.75) is 38.4 Å². The standard InChI is InChI=1S/C30H34N4O3/c1-3-34(32-27(30(36)37)19-24-20-31-26-17-11-10-16-25(24)26)28(18-22-12-6-4-7-13-22)29(35)33(2)21-23-14-8-5-9-15-23/h4-17,20,27-28,31-32H,3,18-19,21H2,1-2H3,(H,36,37)/t27-,28?/m0/s1. The topological polar surface area (TPSA) is 88.7 Å². The molecule has 0 spiro atoms. The number of carbonyl (C=O) groups is 2. The van der Waals surface area contributed by atoms with Gasteiger partial charge in [-0.15, -0.1) is 0 Å². The third-order valence-corrected chi connectivity index (χ3v) is 6.63. The van der Waals surface area contributed by atoms with Gasteiger partial charge < -0.3 is 15.0 Å². The van der Waals surface area contributed by atoms with Crippen molar-refractivity contribution in [1.29, 1.82) is 0 Å². The lowest BCUT2D eigenvalue weighted by molar-refractivity contribution is -0.145. The van der Waals surface area contributed by atoms with Gasteiger partial charge >= 0.3 is 5.97 Å². The molecule has 3 N–H and O–H groups in total. The Morgan fingerprint density at radius 1 is 0.892 bits per heavy atom. The van der Waals surface area contributed by atoms with E-state index in [-0.39, 0.29) is 12.3 Å². The summed E-state index contributed by atoms with van der Waals surface area (Å²) in [6.07, 6.45) is 2.60. The van der Waals surface area contributed by atoms with Gasteiger partial charge in [0.05, 0.1) is 0 Å². The van der Waals surface area contributed by atoms with E-state index in [2.05, 4.69) is 10.4 Å². The lowest BCUT2D eigenvalue weighted by Gasteiger charge is -2.35. The number of aromatic amines is 1. The van der Waals surface area contributed by atoms with Crippen LogP contribution in [-0.2, 0) is 29.0 Å². The molecular formula is C30H34N4O3. The van der Waals surface area contributed by atoms with Gasteiger partial charge in [0.25, 0.3) is 0 Å². The normalized spacial score (nSPS) is 12.9. The number of nitrogens with one attached hydrogen (secondary N) is 2. The molecule has 1 heterocycles. The molecule has 0 aliphatic carbocycles. The molecule has 1 unspecified atom stereocenters. The number of aromatic nitrogens is 1. The number of benzene rings is 3. The van der Waals surface area contributed by atoms with Crippen LogP contribution < -0.4 is 5.43 Å². The molecule has 0 saturated carbocycles. The summed E-state index contributed by atoms with van der Waals surface area (Å²) in [4.78, 5) is 31.1. The van der Waals surface area contributed by atoms with E-state index in [4.69, 9.17) is 0 Å². The molecule has 0 aliphatic rings. The molecule has 0 aliphatic heterocycles. The van der Waals surface area contributed by atoms with Gasteiger partial charge in [-0.3, -0.25) is 9.59 Å². The summed E-state index contributed by atoms with van der Waals surface area (Å²) in [5, 5.41) is 12.9. The van der Waals surface area contributed by atoms with E-state index >= 15 is 0 Å². The van der Waals surface area contributed by atoms with E-state index in [1.54, 1.807) is 17.0 Å². The van der Waals surface area contributed by atoms with E-state index in [1.165, 1.54) is 0 Å². The summed E-state index contributed by atoms with van der Waals surface area (Å²) in [5.41, 5.74) is 7.13. The van der Waals surface area contributed by atoms with Crippen LogP contribution in [0.4, 0.5) is 0 Å². The average Bonchev–Trinajstić information content (AvgIpc) is 3.33. The van der Waals surface area contributed by atoms with E-state index in [9.17, 15) is 14.7 Å². The second kappa shape index (κ2) is 12.3. The number of H-pyrrole nitrogens is 1. The van der Waals surface area contributed by atoms with Gasteiger partial charge in [-0.25, -0.2) is 10.4 Å². The van der Waals surface area contributed by atoms with E-state index in [1.807, 2.05) is 98.0 Å². The largest absolute Gasteiger partial charge is 0.480 e. The highest BCUT2D eigenvalue weighted by Gasteiger charge is 2.31. The number of carbonyl (C=O) groups excluding carboxylic acids is 1. The number of amides is 1. The molecule has 0 fully saturated rings. The summed E-state index contributed by atoms with van der Waals surface area (Å²) >= 11 is 0. The SMILES string of the molecule is CCN(N[C@@H](Cc1c[nH]c2ccccc12)C(=O)O)C(Cc1ccccc1)C(=O)N(C)Cc1ccccc1. The predicted octanol–water partition coefficient (Wildman–Crippen LogP) is 4.26. The van der Waals surface area contributed by atoms with Crippen LogP contribution in [0, 0.1) is 0 Å². The first kappa shape index (κ1) is 26.1. The number of hydrazine groups is 1. The third kappa shape index (κ3) is 6.64. The first-order valence-corrected chi connectivity index (χ1v) is 12.6. The fraction of sp³-hybridized carbons (Fsp3) is 0.267. The summed E-state index contributed by atoms with van der Waals surface area (Å²) < 4.78 is 0. The van der Waals surface area contributed by atoms with Gasteiger partial charge in [0.1, 0.15) is 12.1 Å². The van der Waals surface area contributed by atoms with Crippen molar-refractivity contribution in [3.8, 4) is 0 Å². The molecule has 2 atom stereocenters. The van der Waals surface area contributed by atoms with Crippen molar-refractivity contribution in [2.75, 3.05) is 13.6 Å². The van der Waals surface area contributed by atoms with Crippen LogP contribution in [0.5, 0.6) is 0 Å². The molecule has 4 aromatic rings. The maximum Gasteiger partial charge on any atom is 0.322 e. The van der Waals surface area contributed by atoms with Crippen molar-refractivity contribution in [3.05, 3.63) is 108 Å². The number of rotatable bonds is 12. The Balaban J connectivity index is 1.57. The Morgan fingerprint density at radius 2 is 1.51 bits per heavy atom. The van der Waals surface area contributed by atoms with Crippen LogP contribution in [0.2, 0.25) is 0 Å². The minimum Gasteiger partial charge on any atom is -0.480 e. The number of fused-ring (bicyclic) bond motifs is 1. The summed E-state index contributed by atoms with van der Waals surface area (Å²) in [7, 11) is 1.79. The van der Waals surface area contributed by atoms with Gasteiger partial charge in [-0.05, 0) is 29.2 Å². The van der Waals surface area contributed by atoms with Gasteiger partial charge in [-0.1, -0.05) is 85.8 Å². The number of hydrogen-bond acceptors (Lipinski definition) is 4. The first-order chi connectivity index (χ1) is 18.0. The van der Waals surface area contributed by atoms with E-state index in [0.29, 0.717) is 19.5 Å². The molecule has 4 rings (SSSR count). The number of carboxylic acids is 1. The van der Waals surface area contributed by atoms with Crippen LogP contribution in [0.3, 0.4) is 0 Å². The molecule has 7 nitrogen and oxygen atoms in total. The number of nitrogens with zero attached hydrogens (tertiary/aromatic N) is 2. The van der Waals surface area contributed by atoms with E-state index < -0.39 is 18.1 Å². The van der Waals surface area contributed by atoms with Crippen molar-refractivity contribution in [1.82, 2.24) is 20.3 Å². The molecule has 3 aromatic carbocycles. The monoisotopic (exact) mass is 498 g/mol. The zero-order valence-electron chi connectivity index (χ0n) is 21.3. The Bertz CT molecular complexity index is 1310. The molecule has 1 amide bonds. The fourth-order valence-corrected chi connectivity index (χ4v) is 4.67. The van der Waals surface area contributed by atoms with Crippen LogP contribution in [0.1, 0.15) is 23.6 Å². The van der Waals surface area contributed by atoms with Gasteiger partial charge in [0.2, 0.25) is 5.91 Å². The lowest BCUT2D eigenvalue weighted by atomic mass is 10.0. The number of likely N-dealkylation sites (N-methyl/N-ethyl adjacent to an activating group) is 2. The molecule has 1 aromatic heterocycles. The third-order valence-electron chi connectivity index (χ3n) is 6.63. The Hall–Kier alpha value is -3.94. The summed E-state index contributed by atoms with van der Waals surface area (Å²) in [5.74, 6) is -1.04. The van der Waals surface area contributed by atoms with Crippen molar-refractivity contribution >= 4 is 22.8 Å². The average molecular weight is 499 g/mol. The molecular weight excluding hydrogens is 464 g/mol. The second-order valence-corrected chi connectivity index (χ2v) is 9.25. The Morgan fingerprint density at radius 3 is 2.16 bits per heavy atom. The molecule has 37 heavy (non-hydrogen) atoms. The highest BCUT2D eigenvalue weighted by atomic mass is 16.4.